The van der Waals surface area contributed by atoms with Gasteiger partial charge in [0.25, 0.3) is 0 Å². The SMILES string of the molecule is CC1CCCC(CNC(C(=O)O)C(C)C)(N(C)C)C1. The van der Waals surface area contributed by atoms with Crippen LogP contribution in [0.1, 0.15) is 46.5 Å². The van der Waals surface area contributed by atoms with Crippen LogP contribution in [-0.2, 0) is 4.79 Å². The first-order valence-electron chi connectivity index (χ1n) is 7.42. The number of nitrogens with one attached hydrogen (secondary N) is 1. The minimum absolute atomic E-state index is 0.109. The molecule has 1 saturated carbocycles. The molecule has 0 aromatic heterocycles. The Kier molecular flexibility index (Phi) is 5.81. The largest absolute Gasteiger partial charge is 0.480 e. The molecule has 3 atom stereocenters. The maximum atomic E-state index is 11.3. The average Bonchev–Trinajstić information content (AvgIpc) is 2.27. The molecule has 0 aliphatic heterocycles. The quantitative estimate of drug-likeness (QED) is 0.777. The van der Waals surface area contributed by atoms with E-state index in [0.29, 0.717) is 0 Å². The summed E-state index contributed by atoms with van der Waals surface area (Å²) in [6.45, 7) is 6.98. The molecule has 4 nitrogen and oxygen atoms in total. The Morgan fingerprint density at radius 3 is 2.53 bits per heavy atom. The summed E-state index contributed by atoms with van der Waals surface area (Å²) >= 11 is 0. The number of nitrogens with zero attached hydrogens (tertiary/aromatic N) is 1. The van der Waals surface area contributed by atoms with E-state index in [1.54, 1.807) is 0 Å². The van der Waals surface area contributed by atoms with Gasteiger partial charge in [-0.05, 0) is 38.8 Å². The van der Waals surface area contributed by atoms with E-state index in [0.717, 1.165) is 25.3 Å². The highest BCUT2D eigenvalue weighted by Crippen LogP contribution is 2.35. The zero-order valence-electron chi connectivity index (χ0n) is 13.1. The smallest absolute Gasteiger partial charge is 0.320 e. The molecule has 3 unspecified atom stereocenters. The van der Waals surface area contributed by atoms with E-state index in [1.165, 1.54) is 12.8 Å². The Hall–Kier alpha value is -0.610. The predicted molar refractivity (Wildman–Crippen MR) is 78.3 cm³/mol. The van der Waals surface area contributed by atoms with E-state index in [9.17, 15) is 9.90 Å². The minimum Gasteiger partial charge on any atom is -0.480 e. The second-order valence-corrected chi connectivity index (χ2v) is 6.76. The first-order chi connectivity index (χ1) is 8.78. The lowest BCUT2D eigenvalue weighted by Crippen LogP contribution is -2.57. The highest BCUT2D eigenvalue weighted by molar-refractivity contribution is 5.73. The van der Waals surface area contributed by atoms with Gasteiger partial charge in [-0.1, -0.05) is 33.6 Å². The molecule has 0 bridgehead atoms. The van der Waals surface area contributed by atoms with Crippen molar-refractivity contribution in [3.63, 3.8) is 0 Å². The number of likely N-dealkylation sites (N-methyl/N-ethyl adjacent to an activating group) is 1. The Balaban J connectivity index is 2.71. The fourth-order valence-electron chi connectivity index (χ4n) is 3.27. The summed E-state index contributed by atoms with van der Waals surface area (Å²) in [6, 6.07) is -0.450. The molecule has 0 radical (unpaired) electrons. The molecule has 4 heteroatoms. The number of rotatable bonds is 6. The fraction of sp³-hybridized carbons (Fsp3) is 0.933. The molecule has 1 fully saturated rings. The zero-order valence-corrected chi connectivity index (χ0v) is 13.1. The third kappa shape index (κ3) is 4.18. The number of aliphatic carboxylic acids is 1. The third-order valence-corrected chi connectivity index (χ3v) is 4.60. The molecule has 0 aromatic carbocycles. The van der Waals surface area contributed by atoms with Gasteiger partial charge < -0.3 is 15.3 Å². The monoisotopic (exact) mass is 270 g/mol. The highest BCUT2D eigenvalue weighted by Gasteiger charge is 2.37. The van der Waals surface area contributed by atoms with Gasteiger partial charge >= 0.3 is 5.97 Å². The van der Waals surface area contributed by atoms with Crippen LogP contribution >= 0.6 is 0 Å². The maximum Gasteiger partial charge on any atom is 0.320 e. The average molecular weight is 270 g/mol. The summed E-state index contributed by atoms with van der Waals surface area (Å²) in [7, 11) is 4.23. The van der Waals surface area contributed by atoms with E-state index in [1.807, 2.05) is 13.8 Å². The minimum atomic E-state index is -0.743. The number of carbonyl (C=O) groups is 1. The van der Waals surface area contributed by atoms with Crippen LogP contribution in [0.3, 0.4) is 0 Å². The highest BCUT2D eigenvalue weighted by atomic mass is 16.4. The van der Waals surface area contributed by atoms with E-state index >= 15 is 0 Å². The number of hydrogen-bond acceptors (Lipinski definition) is 3. The van der Waals surface area contributed by atoms with E-state index in [2.05, 4.69) is 31.2 Å². The normalized spacial score (nSPS) is 29.7. The molecule has 1 aliphatic carbocycles. The lowest BCUT2D eigenvalue weighted by atomic mass is 9.75. The molecule has 0 saturated heterocycles. The summed E-state index contributed by atoms with van der Waals surface area (Å²) in [5.41, 5.74) is 0.111. The molecule has 112 valence electrons. The Labute approximate surface area is 117 Å². The summed E-state index contributed by atoms with van der Waals surface area (Å²) in [5, 5.41) is 12.6. The first-order valence-corrected chi connectivity index (χ1v) is 7.42. The van der Waals surface area contributed by atoms with Gasteiger partial charge in [-0.15, -0.1) is 0 Å². The van der Waals surface area contributed by atoms with Gasteiger partial charge in [0.1, 0.15) is 6.04 Å². The zero-order chi connectivity index (χ0) is 14.6. The van der Waals surface area contributed by atoms with E-state index in [-0.39, 0.29) is 11.5 Å². The van der Waals surface area contributed by atoms with Crippen LogP contribution in [0.15, 0.2) is 0 Å². The van der Waals surface area contributed by atoms with Crippen molar-refractivity contribution < 1.29 is 9.90 Å². The van der Waals surface area contributed by atoms with E-state index in [4.69, 9.17) is 0 Å². The Morgan fingerprint density at radius 1 is 1.47 bits per heavy atom. The third-order valence-electron chi connectivity index (χ3n) is 4.60. The molecular weight excluding hydrogens is 240 g/mol. The topological polar surface area (TPSA) is 52.6 Å². The first kappa shape index (κ1) is 16.4. The van der Waals surface area contributed by atoms with Crippen molar-refractivity contribution >= 4 is 5.97 Å². The van der Waals surface area contributed by atoms with Crippen LogP contribution in [0.2, 0.25) is 0 Å². The number of carboxylic acid groups (broad SMARTS) is 1. The van der Waals surface area contributed by atoms with Crippen molar-refractivity contribution in [2.24, 2.45) is 11.8 Å². The number of carboxylic acids is 1. The number of hydrogen-bond donors (Lipinski definition) is 2. The summed E-state index contributed by atoms with van der Waals surface area (Å²) in [5.74, 6) is 0.0887. The van der Waals surface area contributed by atoms with Crippen molar-refractivity contribution in [1.29, 1.82) is 0 Å². The van der Waals surface area contributed by atoms with Crippen molar-refractivity contribution in [3.05, 3.63) is 0 Å². The predicted octanol–water partition coefficient (Wildman–Crippen LogP) is 2.20. The van der Waals surface area contributed by atoms with Crippen LogP contribution in [0.25, 0.3) is 0 Å². The summed E-state index contributed by atoms with van der Waals surface area (Å²) in [4.78, 5) is 13.6. The molecule has 0 amide bonds. The van der Waals surface area contributed by atoms with Crippen LogP contribution in [0, 0.1) is 11.8 Å². The molecule has 0 spiro atoms. The van der Waals surface area contributed by atoms with Gasteiger partial charge in [0.15, 0.2) is 0 Å². The fourth-order valence-corrected chi connectivity index (χ4v) is 3.27. The molecule has 1 aliphatic rings. The van der Waals surface area contributed by atoms with Crippen molar-refractivity contribution in [2.45, 2.75) is 58.0 Å². The van der Waals surface area contributed by atoms with Gasteiger partial charge in [-0.3, -0.25) is 4.79 Å². The lowest BCUT2D eigenvalue weighted by Gasteiger charge is -2.46. The van der Waals surface area contributed by atoms with Crippen molar-refractivity contribution in [2.75, 3.05) is 20.6 Å². The molecule has 2 N–H and O–H groups in total. The Morgan fingerprint density at radius 2 is 2.11 bits per heavy atom. The molecule has 0 heterocycles. The second kappa shape index (κ2) is 6.71. The molecule has 19 heavy (non-hydrogen) atoms. The van der Waals surface area contributed by atoms with Crippen molar-refractivity contribution in [3.8, 4) is 0 Å². The second-order valence-electron chi connectivity index (χ2n) is 6.76. The molecule has 0 aromatic rings. The summed E-state index contributed by atoms with van der Waals surface area (Å²) in [6.07, 6.45) is 4.84. The van der Waals surface area contributed by atoms with Gasteiger partial charge in [0.2, 0.25) is 0 Å². The van der Waals surface area contributed by atoms with Crippen molar-refractivity contribution in [1.82, 2.24) is 10.2 Å². The standard InChI is InChI=1S/C15H30N2O2/c1-11(2)13(14(18)19)16-10-15(17(4)5)8-6-7-12(3)9-15/h11-13,16H,6-10H2,1-5H3,(H,18,19). The van der Waals surface area contributed by atoms with E-state index < -0.39 is 12.0 Å². The lowest BCUT2D eigenvalue weighted by molar-refractivity contribution is -0.140. The van der Waals surface area contributed by atoms with Crippen LogP contribution < -0.4 is 5.32 Å². The van der Waals surface area contributed by atoms with Gasteiger partial charge in [0.05, 0.1) is 0 Å². The summed E-state index contributed by atoms with van der Waals surface area (Å²) < 4.78 is 0. The van der Waals surface area contributed by atoms with Gasteiger partial charge in [0, 0.05) is 12.1 Å². The molecule has 1 rings (SSSR count). The molecular formula is C15H30N2O2. The maximum absolute atomic E-state index is 11.3. The van der Waals surface area contributed by atoms with Gasteiger partial charge in [-0.2, -0.15) is 0 Å². The van der Waals surface area contributed by atoms with Crippen LogP contribution in [-0.4, -0.2) is 48.2 Å². The van der Waals surface area contributed by atoms with Gasteiger partial charge in [-0.25, -0.2) is 0 Å². The van der Waals surface area contributed by atoms with Crippen LogP contribution in [0.5, 0.6) is 0 Å². The van der Waals surface area contributed by atoms with Crippen LogP contribution in [0.4, 0.5) is 0 Å². The Bertz CT molecular complexity index is 305.